The van der Waals surface area contributed by atoms with Crippen LogP contribution in [0.2, 0.25) is 5.15 Å². The van der Waals surface area contributed by atoms with Gasteiger partial charge in [-0.1, -0.05) is 11.6 Å². The molecule has 11 nitrogen and oxygen atoms in total. The summed E-state index contributed by atoms with van der Waals surface area (Å²) in [4.78, 5) is 38.6. The Morgan fingerprint density at radius 1 is 1.18 bits per heavy atom. The van der Waals surface area contributed by atoms with Crippen LogP contribution in [0.4, 0.5) is 17.5 Å². The Morgan fingerprint density at radius 3 is 2.68 bits per heavy atom. The van der Waals surface area contributed by atoms with Gasteiger partial charge in [0, 0.05) is 43.0 Å². The van der Waals surface area contributed by atoms with Gasteiger partial charge < -0.3 is 15.5 Å². The maximum atomic E-state index is 12.6. The molecule has 0 bridgehead atoms. The Morgan fingerprint density at radius 2 is 1.97 bits per heavy atom. The Hall–Kier alpha value is -3.61. The summed E-state index contributed by atoms with van der Waals surface area (Å²) < 4.78 is 1.72. The van der Waals surface area contributed by atoms with E-state index in [1.807, 2.05) is 48.2 Å². The van der Waals surface area contributed by atoms with Gasteiger partial charge in [-0.15, -0.1) is 0 Å². The third-order valence-corrected chi connectivity index (χ3v) is 7.33. The van der Waals surface area contributed by atoms with E-state index in [1.165, 1.54) is 11.8 Å². The second-order valence-electron chi connectivity index (χ2n) is 9.37. The molecular weight excluding hydrogens is 526 g/mol. The van der Waals surface area contributed by atoms with E-state index < -0.39 is 0 Å². The van der Waals surface area contributed by atoms with Gasteiger partial charge in [-0.2, -0.15) is 10.1 Å². The molecule has 13 heteroatoms. The number of nitrogens with zero attached hydrogens (tertiary/aromatic N) is 6. The Bertz CT molecular complexity index is 1470. The van der Waals surface area contributed by atoms with Crippen molar-refractivity contribution in [3.63, 3.8) is 0 Å². The molecule has 1 aliphatic heterocycles. The van der Waals surface area contributed by atoms with Crippen LogP contribution in [-0.4, -0.2) is 79.9 Å². The summed E-state index contributed by atoms with van der Waals surface area (Å²) in [7, 11) is 3.52. The Labute approximate surface area is 229 Å². The van der Waals surface area contributed by atoms with Crippen molar-refractivity contribution in [1.29, 1.82) is 0 Å². The van der Waals surface area contributed by atoms with Gasteiger partial charge in [-0.25, -0.2) is 4.98 Å². The van der Waals surface area contributed by atoms with Crippen LogP contribution in [0, 0.1) is 12.8 Å². The lowest BCUT2D eigenvalue weighted by molar-refractivity contribution is -0.132. The van der Waals surface area contributed by atoms with E-state index >= 15 is 0 Å². The van der Waals surface area contributed by atoms with Crippen molar-refractivity contribution >= 4 is 58.3 Å². The van der Waals surface area contributed by atoms with E-state index in [-0.39, 0.29) is 24.3 Å². The number of rotatable bonds is 8. The maximum Gasteiger partial charge on any atom is 0.238 e. The number of aryl methyl sites for hydroxylation is 1. The topological polar surface area (TPSA) is 124 Å². The Kier molecular flexibility index (Phi) is 7.54. The monoisotopic (exact) mass is 553 g/mol. The molecule has 0 spiro atoms. The number of hydrogen-bond donors (Lipinski definition) is 3. The highest BCUT2D eigenvalue weighted by molar-refractivity contribution is 7.99. The van der Waals surface area contributed by atoms with Crippen molar-refractivity contribution in [2.24, 2.45) is 5.92 Å². The van der Waals surface area contributed by atoms with Crippen molar-refractivity contribution in [2.75, 3.05) is 44.4 Å². The molecule has 3 aromatic heterocycles. The van der Waals surface area contributed by atoms with Gasteiger partial charge >= 0.3 is 0 Å². The molecule has 0 unspecified atom stereocenters. The lowest BCUT2D eigenvalue weighted by Crippen LogP contribution is -2.35. The first-order valence-corrected chi connectivity index (χ1v) is 13.3. The summed E-state index contributed by atoms with van der Waals surface area (Å²) >= 11 is 7.76. The van der Waals surface area contributed by atoms with Crippen LogP contribution < -0.4 is 10.6 Å². The number of benzene rings is 1. The number of carbonyl (C=O) groups is 2. The highest BCUT2D eigenvalue weighted by atomic mass is 35.5. The van der Waals surface area contributed by atoms with E-state index in [4.69, 9.17) is 11.6 Å². The van der Waals surface area contributed by atoms with E-state index in [2.05, 4.69) is 30.8 Å². The number of fused-ring (bicyclic) bond motifs is 1. The number of hydrogen-bond acceptors (Lipinski definition) is 8. The van der Waals surface area contributed by atoms with Crippen LogP contribution in [0.15, 0.2) is 52.5 Å². The molecule has 38 heavy (non-hydrogen) atoms. The largest absolute Gasteiger partial charge is 0.349 e. The fraction of sp³-hybridized carbons (Fsp3) is 0.320. The lowest BCUT2D eigenvalue weighted by Gasteiger charge is -2.17. The van der Waals surface area contributed by atoms with Crippen LogP contribution in [0.1, 0.15) is 12.1 Å². The summed E-state index contributed by atoms with van der Waals surface area (Å²) in [5.74, 6) is 1.09. The molecule has 0 radical (unpaired) electrons. The second kappa shape index (κ2) is 11.0. The molecule has 4 aromatic rings. The number of aromatic amines is 1. The number of halogens is 1. The summed E-state index contributed by atoms with van der Waals surface area (Å²) in [5.41, 5.74) is 2.27. The van der Waals surface area contributed by atoms with Crippen molar-refractivity contribution in [3.8, 4) is 0 Å². The number of nitrogens with one attached hydrogen (secondary N) is 3. The van der Waals surface area contributed by atoms with Gasteiger partial charge in [0.25, 0.3) is 0 Å². The molecule has 1 fully saturated rings. The first-order valence-electron chi connectivity index (χ1n) is 12.1. The fourth-order valence-electron chi connectivity index (χ4n) is 4.35. The molecule has 1 aliphatic rings. The molecule has 0 saturated carbocycles. The molecule has 2 amide bonds. The standard InChI is InChI=1S/C25H28ClN9O2S/c1-15-12-20(32-31-15)28-24-30-25(29-21-9-8-19(26)35(21)24)38-18-6-4-17(5-7-18)27-22(36)14-34-11-10-16(13-34)23(37)33(2)3/h4-9,12,16H,10-11,13-14H2,1-3H3,(H,27,36)(H2,28,29,30,31,32)/t16-/m1/s1. The molecular formula is C25H28ClN9O2S. The zero-order chi connectivity index (χ0) is 26.8. The average Bonchev–Trinajstić information content (AvgIpc) is 3.60. The number of H-pyrrole nitrogens is 1. The molecule has 3 N–H and O–H groups in total. The second-order valence-corrected chi connectivity index (χ2v) is 10.8. The predicted octanol–water partition coefficient (Wildman–Crippen LogP) is 3.66. The molecule has 4 heterocycles. The first kappa shape index (κ1) is 26.0. The van der Waals surface area contributed by atoms with Crippen LogP contribution in [-0.2, 0) is 9.59 Å². The van der Waals surface area contributed by atoms with Gasteiger partial charge in [0.05, 0.1) is 12.5 Å². The number of carbonyl (C=O) groups excluding carboxylic acids is 2. The fourth-order valence-corrected chi connectivity index (χ4v) is 5.33. The van der Waals surface area contributed by atoms with Gasteiger partial charge in [0.15, 0.2) is 11.0 Å². The third-order valence-electron chi connectivity index (χ3n) is 6.16. The molecule has 198 valence electrons. The molecule has 1 saturated heterocycles. The lowest BCUT2D eigenvalue weighted by atomic mass is 10.1. The van der Waals surface area contributed by atoms with E-state index in [1.54, 1.807) is 29.5 Å². The predicted molar refractivity (Wildman–Crippen MR) is 147 cm³/mol. The van der Waals surface area contributed by atoms with Crippen molar-refractivity contribution < 1.29 is 9.59 Å². The first-order chi connectivity index (χ1) is 18.2. The highest BCUT2D eigenvalue weighted by Crippen LogP contribution is 2.30. The molecule has 1 atom stereocenters. The Balaban J connectivity index is 1.22. The maximum absolute atomic E-state index is 12.6. The van der Waals surface area contributed by atoms with E-state index in [0.29, 0.717) is 40.0 Å². The minimum absolute atomic E-state index is 0.0440. The third kappa shape index (κ3) is 5.93. The van der Waals surface area contributed by atoms with Crippen LogP contribution >= 0.6 is 23.4 Å². The summed E-state index contributed by atoms with van der Waals surface area (Å²) in [6.07, 6.45) is 0.776. The summed E-state index contributed by atoms with van der Waals surface area (Å²) in [5, 5.41) is 14.3. The van der Waals surface area contributed by atoms with Crippen molar-refractivity contribution in [1.82, 2.24) is 34.4 Å². The summed E-state index contributed by atoms with van der Waals surface area (Å²) in [6, 6.07) is 13.0. The molecule has 0 aliphatic carbocycles. The zero-order valence-electron chi connectivity index (χ0n) is 21.2. The average molecular weight is 554 g/mol. The van der Waals surface area contributed by atoms with Gasteiger partial charge in [-0.3, -0.25) is 24.0 Å². The van der Waals surface area contributed by atoms with Gasteiger partial charge in [0.2, 0.25) is 17.8 Å². The van der Waals surface area contributed by atoms with Gasteiger partial charge in [-0.05, 0) is 68.0 Å². The summed E-state index contributed by atoms with van der Waals surface area (Å²) in [6.45, 7) is 3.52. The molecule has 5 rings (SSSR count). The minimum Gasteiger partial charge on any atom is -0.349 e. The van der Waals surface area contributed by atoms with E-state index in [9.17, 15) is 9.59 Å². The number of likely N-dealkylation sites (tertiary alicyclic amines) is 1. The van der Waals surface area contributed by atoms with Crippen LogP contribution in [0.25, 0.3) is 5.65 Å². The normalized spacial score (nSPS) is 15.6. The van der Waals surface area contributed by atoms with E-state index in [0.717, 1.165) is 23.6 Å². The van der Waals surface area contributed by atoms with Crippen molar-refractivity contribution in [3.05, 3.63) is 53.3 Å². The van der Waals surface area contributed by atoms with Crippen LogP contribution in [0.5, 0.6) is 0 Å². The van der Waals surface area contributed by atoms with Crippen LogP contribution in [0.3, 0.4) is 0 Å². The number of amides is 2. The van der Waals surface area contributed by atoms with Crippen molar-refractivity contribution in [2.45, 2.75) is 23.4 Å². The highest BCUT2D eigenvalue weighted by Gasteiger charge is 2.30. The zero-order valence-corrected chi connectivity index (χ0v) is 22.8. The van der Waals surface area contributed by atoms with Gasteiger partial charge in [0.1, 0.15) is 10.8 Å². The number of aromatic nitrogens is 5. The quantitative estimate of drug-likeness (QED) is 0.302. The minimum atomic E-state index is -0.105. The smallest absolute Gasteiger partial charge is 0.238 e. The molecule has 1 aromatic carbocycles. The number of anilines is 3. The SMILES string of the molecule is Cc1cc(Nc2nc(Sc3ccc(NC(=O)CN4CC[C@@H](C(=O)N(C)C)C4)cc3)nc3ccc(Cl)n23)n[nH]1.